The van der Waals surface area contributed by atoms with Gasteiger partial charge in [-0.1, -0.05) is 149 Å². The molecule has 714 valence electrons. The summed E-state index contributed by atoms with van der Waals surface area (Å²) in [5.74, 6) is -8.19. The lowest BCUT2D eigenvalue weighted by atomic mass is 9.83. The standard InChI is InChI=1S/C53H79N5O12S.C43H68N4O9S/c1-10-34(4)49(55(6)53(66)40(33(2)3)31-43(60)50-37-22-23-39(29-37)58(50)47(63)21-15-12-16-26-57-45(61)24-25-46(57)62)44(69-7)32-48(64)56-27-17-20-41(56)51(70-8)35(5)42(59)30-38(52(65)54-71(9,67)68)28-36-18-13-11-14-19-36;1-10-27(4)40(46(6)43(52)33(26(2)3)24-36(49)39-30-18-19-32(22-30)44-39)37(55-7)25-38(50)47-20-14-17-34(47)41(56-8)28(5)35(48)23-31(42(51)45-57(9,53)54)21-29-15-12-11-13-16-29/h11,13-14,18-19,24-25,33-35,37-41,44,49-51H,10,12,15-17,20-23,26-32H2,1-9H3,(H,54,65);11-13,15-16,26-28,30-34,37,39-41,44H,10,14,17-25H2,1-9H3,(H,45,51)/t34-,35-,37-,38+,39+,40-,41-,44+,49-,50-,51+;27-,28-,30-,31+,32+,33-,34-,37+,39-,40-,41+/m00/s1. The first-order chi connectivity index (χ1) is 60.5. The molecule has 0 spiro atoms. The number of nitrogens with zero attached hydrogens (tertiary/aromatic N) is 6. The first kappa shape index (κ1) is 105. The van der Waals surface area contributed by atoms with Crippen LogP contribution in [0, 0.1) is 71.0 Å². The van der Waals surface area contributed by atoms with Gasteiger partial charge in [-0.05, 0) is 137 Å². The van der Waals surface area contributed by atoms with Crippen molar-refractivity contribution in [1.29, 1.82) is 0 Å². The third-order valence-electron chi connectivity index (χ3n) is 28.7. The van der Waals surface area contributed by atoms with E-state index in [0.717, 1.165) is 68.6 Å². The highest BCUT2D eigenvalue weighted by molar-refractivity contribution is 7.89. The molecular weight excluding hydrogens is 1680 g/mol. The van der Waals surface area contributed by atoms with Gasteiger partial charge in [0.15, 0.2) is 11.6 Å². The van der Waals surface area contributed by atoms with Crippen molar-refractivity contribution in [1.82, 2.24) is 44.2 Å². The molecule has 0 aromatic heterocycles. The van der Waals surface area contributed by atoms with Gasteiger partial charge in [-0.3, -0.25) is 76.7 Å². The van der Waals surface area contributed by atoms with Gasteiger partial charge in [0.2, 0.25) is 61.4 Å². The fourth-order valence-corrected chi connectivity index (χ4v) is 22.3. The maximum Gasteiger partial charge on any atom is 0.253 e. The maximum absolute atomic E-state index is 14.8. The number of sulfonamides is 2. The Hall–Kier alpha value is -8.01. The molecule has 3 N–H and O–H groups in total. The van der Waals surface area contributed by atoms with Gasteiger partial charge >= 0.3 is 0 Å². The summed E-state index contributed by atoms with van der Waals surface area (Å²) in [7, 11) is 1.82. The van der Waals surface area contributed by atoms with Crippen LogP contribution in [0.3, 0.4) is 0 Å². The van der Waals surface area contributed by atoms with E-state index in [1.165, 1.54) is 38.4 Å². The Balaban J connectivity index is 0.000000324. The molecular formula is C96H147N9O21S2. The Morgan fingerprint density at radius 3 is 1.32 bits per heavy atom. The van der Waals surface area contributed by atoms with Gasteiger partial charge in [-0.15, -0.1) is 0 Å². The average molecular weight is 1830 g/mol. The largest absolute Gasteiger partial charge is 0.379 e. The molecule has 9 rings (SSSR count). The normalized spacial score (nSPS) is 23.5. The number of carbonyl (C=O) groups excluding carboxylic acids is 13. The number of ether oxygens (including phenoxy) is 4. The Morgan fingerprint density at radius 1 is 0.508 bits per heavy atom. The Bertz CT molecular complexity index is 4400. The number of imide groups is 1. The van der Waals surface area contributed by atoms with E-state index in [-0.39, 0.29) is 164 Å². The van der Waals surface area contributed by atoms with Crippen LogP contribution in [0.5, 0.6) is 0 Å². The molecule has 30 nitrogen and oxygen atoms in total. The van der Waals surface area contributed by atoms with Crippen LogP contribution in [0.2, 0.25) is 0 Å². The zero-order chi connectivity index (χ0) is 94.5. The molecule has 2 saturated carbocycles. The van der Waals surface area contributed by atoms with Crippen molar-refractivity contribution in [3.8, 4) is 0 Å². The van der Waals surface area contributed by atoms with E-state index in [9.17, 15) is 79.2 Å². The van der Waals surface area contributed by atoms with Crippen molar-refractivity contribution in [2.24, 2.45) is 71.0 Å². The van der Waals surface area contributed by atoms with Crippen molar-refractivity contribution in [2.75, 3.05) is 74.7 Å². The topological polar surface area (TPSA) is 383 Å². The van der Waals surface area contributed by atoms with Crippen LogP contribution in [0.25, 0.3) is 0 Å². The number of Topliss-reactive ketones (excluding diaryl/α,β-unsaturated/α-hetero) is 4. The first-order valence-corrected chi connectivity index (χ1v) is 50.4. The molecule has 4 bridgehead atoms. The molecule has 7 aliphatic rings. The van der Waals surface area contributed by atoms with Crippen LogP contribution in [-0.2, 0) is 114 Å². The second-order valence-corrected chi connectivity index (χ2v) is 41.7. The van der Waals surface area contributed by atoms with Crippen molar-refractivity contribution in [3.63, 3.8) is 0 Å². The highest BCUT2D eigenvalue weighted by atomic mass is 32.2. The summed E-state index contributed by atoms with van der Waals surface area (Å²) in [6, 6.07) is 15.9. The summed E-state index contributed by atoms with van der Waals surface area (Å²) < 4.78 is 76.1. The average Bonchev–Trinajstić information content (AvgIpc) is 1.61. The summed E-state index contributed by atoms with van der Waals surface area (Å²) >= 11 is 0. The molecule has 9 amide bonds. The van der Waals surface area contributed by atoms with Crippen LogP contribution in [-0.4, -0.2) is 270 Å². The fraction of sp³-hybridized carbons (Fsp3) is 0.719. The summed E-state index contributed by atoms with van der Waals surface area (Å²) in [5, 5.41) is 3.49. The molecule has 2 aromatic carbocycles. The first-order valence-electron chi connectivity index (χ1n) is 46.6. The molecule has 0 unspecified atom stereocenters. The van der Waals surface area contributed by atoms with Crippen LogP contribution in [0.15, 0.2) is 72.8 Å². The lowest BCUT2D eigenvalue weighted by molar-refractivity contribution is -0.150. The minimum atomic E-state index is -3.89. The second kappa shape index (κ2) is 48.4. The zero-order valence-corrected chi connectivity index (χ0v) is 80.6. The number of hydrogen-bond acceptors (Lipinski definition) is 22. The Kier molecular flexibility index (Phi) is 39.8. The molecule has 2 aliphatic carbocycles. The quantitative estimate of drug-likeness (QED) is 0.0410. The van der Waals surface area contributed by atoms with Gasteiger partial charge in [0.05, 0.1) is 86.0 Å². The molecule has 6 fully saturated rings. The van der Waals surface area contributed by atoms with Gasteiger partial charge in [-0.2, -0.15) is 0 Å². The van der Waals surface area contributed by atoms with Crippen LogP contribution < -0.4 is 14.8 Å². The number of unbranched alkanes of at least 4 members (excludes halogenated alkanes) is 2. The smallest absolute Gasteiger partial charge is 0.253 e. The fourth-order valence-electron chi connectivity index (χ4n) is 21.3. The van der Waals surface area contributed by atoms with Gasteiger partial charge in [0, 0.05) is 154 Å². The van der Waals surface area contributed by atoms with Crippen LogP contribution >= 0.6 is 0 Å². The molecule has 5 heterocycles. The molecule has 128 heavy (non-hydrogen) atoms. The molecule has 2 aromatic rings. The minimum Gasteiger partial charge on any atom is -0.379 e. The number of likely N-dealkylation sites (tertiary alicyclic amines) is 3. The van der Waals surface area contributed by atoms with E-state index in [0.29, 0.717) is 83.0 Å². The van der Waals surface area contributed by atoms with Gasteiger partial charge in [-0.25, -0.2) is 16.8 Å². The predicted molar refractivity (Wildman–Crippen MR) is 485 cm³/mol. The van der Waals surface area contributed by atoms with E-state index in [4.69, 9.17) is 18.9 Å². The van der Waals surface area contributed by atoms with Gasteiger partial charge in [0.25, 0.3) is 11.8 Å². The number of nitrogens with one attached hydrogen (secondary N) is 3. The monoisotopic (exact) mass is 1830 g/mol. The zero-order valence-electron chi connectivity index (χ0n) is 78.9. The van der Waals surface area contributed by atoms with Crippen molar-refractivity contribution < 1.29 is 98.1 Å². The third kappa shape index (κ3) is 27.8. The van der Waals surface area contributed by atoms with Crippen molar-refractivity contribution in [3.05, 3.63) is 83.9 Å². The van der Waals surface area contributed by atoms with E-state index < -0.39 is 122 Å². The van der Waals surface area contributed by atoms with E-state index in [1.54, 1.807) is 71.7 Å². The number of rotatable bonds is 50. The number of ketones is 4. The third-order valence-corrected chi connectivity index (χ3v) is 29.9. The summed E-state index contributed by atoms with van der Waals surface area (Å²) in [6.07, 6.45) is 13.1. The highest BCUT2D eigenvalue weighted by Crippen LogP contribution is 2.45. The maximum atomic E-state index is 14.8. The van der Waals surface area contributed by atoms with Gasteiger partial charge in [0.1, 0.15) is 11.6 Å². The summed E-state index contributed by atoms with van der Waals surface area (Å²) in [5.41, 5.74) is 1.56. The molecule has 22 atom stereocenters. The molecule has 0 radical (unpaired) electrons. The molecule has 32 heteroatoms. The predicted octanol–water partition coefficient (Wildman–Crippen LogP) is 9.07. The highest BCUT2D eigenvalue weighted by Gasteiger charge is 2.53. The number of hydrogen-bond donors (Lipinski definition) is 3. The summed E-state index contributed by atoms with van der Waals surface area (Å²) in [4.78, 5) is 188. The van der Waals surface area contributed by atoms with E-state index in [2.05, 4.69) is 5.32 Å². The number of fused-ring (bicyclic) bond motifs is 4. The van der Waals surface area contributed by atoms with Crippen molar-refractivity contribution in [2.45, 2.75) is 296 Å². The number of likely N-dealkylation sites (N-methyl/N-ethyl adjacent to an activating group) is 2. The van der Waals surface area contributed by atoms with Crippen molar-refractivity contribution >= 4 is 96.3 Å². The Labute approximate surface area is 760 Å². The lowest BCUT2D eigenvalue weighted by Crippen LogP contribution is -2.54. The Morgan fingerprint density at radius 2 is 0.938 bits per heavy atom. The number of piperidine rings is 2. The van der Waals surface area contributed by atoms with Crippen LogP contribution in [0.4, 0.5) is 0 Å². The van der Waals surface area contributed by atoms with E-state index >= 15 is 0 Å². The van der Waals surface area contributed by atoms with Gasteiger partial charge < -0.3 is 48.8 Å². The second-order valence-electron chi connectivity index (χ2n) is 38.2. The summed E-state index contributed by atoms with van der Waals surface area (Å²) in [6.45, 7) is 20.5. The number of methoxy groups -OCH3 is 4. The van der Waals surface area contributed by atoms with E-state index in [1.807, 2.05) is 113 Å². The molecule has 4 saturated heterocycles. The number of carbonyl (C=O) groups is 13. The minimum absolute atomic E-state index is 0.00351. The lowest BCUT2D eigenvalue weighted by Gasteiger charge is -2.41. The number of amides is 9. The SMILES string of the molecule is CC[C@H](C)[C@@H]([C@@H](CC(=O)N1CCC[C@H]1[C@H](OC)[C@@H](C)C(=O)C[C@@H](Cc1ccccc1)C(=O)NS(C)(=O)=O)OC)N(C)C(=O)[C@@H](CC(=O)[C@@H]1[C@H]2CC[C@H](C2)N1C(=O)CCCCCN1C(=O)C=CC1=O)C(C)C.CC[C@H](C)[C@@H]([C@@H](CC(=O)N1CCC[C@H]1[C@H](OC)[C@@H](C)C(=O)C[C@@H](Cc1ccccc1)C(=O)NS(C)(=O)=O)OC)N(C)C(=O)[C@@H](CC(=O)[C@H]1N[C@@H]2CC[C@H]1C2)C(C)C. The number of benzene rings is 2. The van der Waals surface area contributed by atoms with Crippen LogP contribution in [0.1, 0.15) is 222 Å². The molecule has 5 aliphatic heterocycles.